The lowest BCUT2D eigenvalue weighted by Crippen LogP contribution is -1.97. The molecule has 0 N–H and O–H groups in total. The fourth-order valence-corrected chi connectivity index (χ4v) is 3.20. The van der Waals surface area contributed by atoms with Crippen molar-refractivity contribution < 1.29 is 0 Å². The highest BCUT2D eigenvalue weighted by molar-refractivity contribution is 7.98. The lowest BCUT2D eigenvalue weighted by atomic mass is 10.3. The first-order valence-corrected chi connectivity index (χ1v) is 8.17. The lowest BCUT2D eigenvalue weighted by molar-refractivity contribution is 0.893. The Morgan fingerprint density at radius 1 is 0.913 bits per heavy atom. The minimum Gasteiger partial charge on any atom is -0.260 e. The van der Waals surface area contributed by atoms with E-state index in [9.17, 15) is 0 Å². The van der Waals surface area contributed by atoms with Gasteiger partial charge in [0.25, 0.3) is 0 Å². The highest BCUT2D eigenvalue weighted by Gasteiger charge is 2.11. The molecule has 0 aliphatic heterocycles. The Hall–Kier alpha value is -2.73. The van der Waals surface area contributed by atoms with Crippen molar-refractivity contribution in [2.24, 2.45) is 0 Å². The molecule has 0 spiro atoms. The summed E-state index contributed by atoms with van der Waals surface area (Å²) >= 11 is 1.64. The van der Waals surface area contributed by atoms with E-state index in [4.69, 9.17) is 0 Å². The summed E-state index contributed by atoms with van der Waals surface area (Å²) in [5, 5.41) is 6.34. The van der Waals surface area contributed by atoms with E-state index in [2.05, 4.69) is 20.1 Å². The van der Waals surface area contributed by atoms with Crippen molar-refractivity contribution in [3.05, 3.63) is 72.9 Å². The quantitative estimate of drug-likeness (QED) is 0.425. The van der Waals surface area contributed by atoms with Gasteiger partial charge in [0, 0.05) is 11.9 Å². The van der Waals surface area contributed by atoms with Crippen molar-refractivity contribution in [1.82, 2.24) is 24.7 Å². The Kier molecular flexibility index (Phi) is 3.73. The van der Waals surface area contributed by atoms with Crippen LogP contribution in [0.25, 0.3) is 16.7 Å². The van der Waals surface area contributed by atoms with Crippen molar-refractivity contribution in [2.45, 2.75) is 10.8 Å². The van der Waals surface area contributed by atoms with Crippen LogP contribution < -0.4 is 0 Å². The molecule has 0 saturated carbocycles. The predicted molar refractivity (Wildman–Crippen MR) is 90.5 cm³/mol. The summed E-state index contributed by atoms with van der Waals surface area (Å²) in [5.74, 6) is 0.767. The van der Waals surface area contributed by atoms with E-state index in [1.807, 2.05) is 59.4 Å². The van der Waals surface area contributed by atoms with E-state index in [0.717, 1.165) is 33.2 Å². The van der Waals surface area contributed by atoms with Crippen LogP contribution in [0.4, 0.5) is 0 Å². The lowest BCUT2D eigenvalue weighted by Gasteiger charge is -2.04. The molecule has 112 valence electrons. The normalized spacial score (nSPS) is 11.0. The van der Waals surface area contributed by atoms with E-state index in [0.29, 0.717) is 0 Å². The number of para-hydroxylation sites is 1. The topological polar surface area (TPSA) is 56.5 Å². The molecule has 3 aromatic heterocycles. The van der Waals surface area contributed by atoms with Crippen LogP contribution in [0.1, 0.15) is 5.69 Å². The number of fused-ring (bicyclic) bond motifs is 1. The number of hydrogen-bond donors (Lipinski definition) is 0. The molecule has 0 unspecified atom stereocenters. The SMILES string of the molecule is c1ccc(-n2ncc3c(SCc4ccccn4)ncnc32)cc1. The Balaban J connectivity index is 1.68. The zero-order valence-electron chi connectivity index (χ0n) is 12.2. The number of hydrogen-bond acceptors (Lipinski definition) is 5. The first-order valence-electron chi connectivity index (χ1n) is 7.19. The number of pyridine rings is 1. The summed E-state index contributed by atoms with van der Waals surface area (Å²) in [7, 11) is 0. The molecule has 0 aliphatic rings. The molecular formula is C17H13N5S. The monoisotopic (exact) mass is 319 g/mol. The maximum Gasteiger partial charge on any atom is 0.167 e. The van der Waals surface area contributed by atoms with Gasteiger partial charge in [0.05, 0.1) is 23.0 Å². The van der Waals surface area contributed by atoms with Crippen LogP contribution >= 0.6 is 11.8 Å². The summed E-state index contributed by atoms with van der Waals surface area (Å²) in [6.45, 7) is 0. The summed E-state index contributed by atoms with van der Waals surface area (Å²) in [6, 6.07) is 15.9. The van der Waals surface area contributed by atoms with Gasteiger partial charge in [-0.3, -0.25) is 4.98 Å². The van der Waals surface area contributed by atoms with Gasteiger partial charge >= 0.3 is 0 Å². The fourth-order valence-electron chi connectivity index (χ4n) is 2.32. The van der Waals surface area contributed by atoms with Crippen LogP contribution in [0.5, 0.6) is 0 Å². The third-order valence-electron chi connectivity index (χ3n) is 3.41. The number of aromatic nitrogens is 5. The molecule has 0 radical (unpaired) electrons. The van der Waals surface area contributed by atoms with Crippen molar-refractivity contribution in [2.75, 3.05) is 0 Å². The average Bonchev–Trinajstić information content (AvgIpc) is 3.06. The molecular weight excluding hydrogens is 306 g/mol. The third kappa shape index (κ3) is 2.80. The molecule has 3 heterocycles. The highest BCUT2D eigenvalue weighted by Crippen LogP contribution is 2.27. The molecule has 0 bridgehead atoms. The van der Waals surface area contributed by atoms with Gasteiger partial charge < -0.3 is 0 Å². The Morgan fingerprint density at radius 2 is 1.78 bits per heavy atom. The zero-order chi connectivity index (χ0) is 15.5. The van der Waals surface area contributed by atoms with Crippen LogP contribution in [0.3, 0.4) is 0 Å². The third-order valence-corrected chi connectivity index (χ3v) is 4.45. The smallest absolute Gasteiger partial charge is 0.167 e. The summed E-state index contributed by atoms with van der Waals surface area (Å²) in [5.41, 5.74) is 2.83. The van der Waals surface area contributed by atoms with Gasteiger partial charge in [-0.2, -0.15) is 5.10 Å². The summed E-state index contributed by atoms with van der Waals surface area (Å²) < 4.78 is 1.84. The van der Waals surface area contributed by atoms with Crippen molar-refractivity contribution in [3.8, 4) is 5.69 Å². The second-order valence-electron chi connectivity index (χ2n) is 4.92. The number of benzene rings is 1. The van der Waals surface area contributed by atoms with E-state index >= 15 is 0 Å². The van der Waals surface area contributed by atoms with Gasteiger partial charge in [0.1, 0.15) is 11.4 Å². The Labute approximate surface area is 137 Å². The fraction of sp³-hybridized carbons (Fsp3) is 0.0588. The van der Waals surface area contributed by atoms with Gasteiger partial charge in [-0.05, 0) is 24.3 Å². The maximum atomic E-state index is 4.47. The van der Waals surface area contributed by atoms with Crippen molar-refractivity contribution in [3.63, 3.8) is 0 Å². The van der Waals surface area contributed by atoms with Gasteiger partial charge in [-0.15, -0.1) is 0 Å². The van der Waals surface area contributed by atoms with Crippen LogP contribution in [0.15, 0.2) is 72.3 Å². The summed E-state index contributed by atoms with van der Waals surface area (Å²) in [4.78, 5) is 13.1. The molecule has 0 amide bonds. The number of thioether (sulfide) groups is 1. The minimum absolute atomic E-state index is 0.767. The van der Waals surface area contributed by atoms with Crippen LogP contribution in [0, 0.1) is 0 Å². The first kappa shape index (κ1) is 13.9. The Morgan fingerprint density at radius 3 is 2.61 bits per heavy atom. The first-order chi connectivity index (χ1) is 11.4. The van der Waals surface area contributed by atoms with Gasteiger partial charge in [0.2, 0.25) is 0 Å². The molecule has 4 rings (SSSR count). The van der Waals surface area contributed by atoms with Gasteiger partial charge in [0.15, 0.2) is 5.65 Å². The largest absolute Gasteiger partial charge is 0.260 e. The molecule has 6 heteroatoms. The van der Waals surface area contributed by atoms with Crippen LogP contribution in [-0.2, 0) is 5.75 Å². The average molecular weight is 319 g/mol. The maximum absolute atomic E-state index is 4.47. The second kappa shape index (κ2) is 6.18. The zero-order valence-corrected chi connectivity index (χ0v) is 13.0. The molecule has 5 nitrogen and oxygen atoms in total. The van der Waals surface area contributed by atoms with E-state index in [1.165, 1.54) is 0 Å². The highest BCUT2D eigenvalue weighted by atomic mass is 32.2. The van der Waals surface area contributed by atoms with E-state index < -0.39 is 0 Å². The molecule has 0 aliphatic carbocycles. The predicted octanol–water partition coefficient (Wildman–Crippen LogP) is 3.50. The molecule has 1 aromatic carbocycles. The van der Waals surface area contributed by atoms with Crippen LogP contribution in [0.2, 0.25) is 0 Å². The summed E-state index contributed by atoms with van der Waals surface area (Å²) in [6.07, 6.45) is 5.21. The number of nitrogens with zero attached hydrogens (tertiary/aromatic N) is 5. The van der Waals surface area contributed by atoms with E-state index in [-0.39, 0.29) is 0 Å². The molecule has 0 saturated heterocycles. The minimum atomic E-state index is 0.767. The van der Waals surface area contributed by atoms with Crippen molar-refractivity contribution in [1.29, 1.82) is 0 Å². The van der Waals surface area contributed by atoms with Crippen molar-refractivity contribution >= 4 is 22.8 Å². The van der Waals surface area contributed by atoms with Gasteiger partial charge in [-0.1, -0.05) is 36.0 Å². The molecule has 23 heavy (non-hydrogen) atoms. The molecule has 4 aromatic rings. The van der Waals surface area contributed by atoms with Crippen LogP contribution in [-0.4, -0.2) is 24.7 Å². The molecule has 0 fully saturated rings. The second-order valence-corrected chi connectivity index (χ2v) is 5.88. The number of rotatable bonds is 4. The van der Waals surface area contributed by atoms with E-state index in [1.54, 1.807) is 24.3 Å². The molecule has 0 atom stereocenters. The van der Waals surface area contributed by atoms with Gasteiger partial charge in [-0.25, -0.2) is 14.6 Å². The standard InChI is InChI=1S/C17H13N5S/c1-2-7-14(8-3-1)22-16-15(10-21-22)17(20-12-19-16)23-11-13-6-4-5-9-18-13/h1-10,12H,11H2. The Bertz CT molecular complexity index is 922.